The van der Waals surface area contributed by atoms with Gasteiger partial charge in [0.05, 0.1) is 6.42 Å². The minimum atomic E-state index is -0.515. The van der Waals surface area contributed by atoms with Crippen LogP contribution in [0.4, 0.5) is 0 Å². The fourth-order valence-corrected chi connectivity index (χ4v) is 1.92. The highest BCUT2D eigenvalue weighted by Gasteiger charge is 2.34. The van der Waals surface area contributed by atoms with Gasteiger partial charge in [0.2, 0.25) is 0 Å². The van der Waals surface area contributed by atoms with Crippen LogP contribution in [-0.2, 0) is 4.79 Å². The summed E-state index contributed by atoms with van der Waals surface area (Å²) in [5.74, 6) is 0.240. The zero-order valence-electron chi connectivity index (χ0n) is 10.1. The van der Waals surface area contributed by atoms with Crippen molar-refractivity contribution in [3.05, 3.63) is 23.8 Å². The average molecular weight is 234 g/mol. The summed E-state index contributed by atoms with van der Waals surface area (Å²) in [5.41, 5.74) is -0.152. The topological polar surface area (TPSA) is 52.6 Å². The highest BCUT2D eigenvalue weighted by atomic mass is 16.5. The Kier molecular flexibility index (Phi) is 2.65. The second kappa shape index (κ2) is 3.87. The van der Waals surface area contributed by atoms with Crippen LogP contribution in [0.15, 0.2) is 18.2 Å². The normalized spacial score (nSPS) is 17.0. The number of ether oxygens (including phenoxy) is 2. The van der Waals surface area contributed by atoms with Gasteiger partial charge in [0.1, 0.15) is 22.7 Å². The molecule has 0 amide bonds. The zero-order valence-corrected chi connectivity index (χ0v) is 10.1. The molecule has 0 aromatic heterocycles. The first-order valence-corrected chi connectivity index (χ1v) is 5.43. The van der Waals surface area contributed by atoms with E-state index in [2.05, 4.69) is 0 Å². The van der Waals surface area contributed by atoms with Gasteiger partial charge in [-0.15, -0.1) is 0 Å². The van der Waals surface area contributed by atoms with Crippen LogP contribution in [0.1, 0.15) is 37.6 Å². The third kappa shape index (κ3) is 2.30. The summed E-state index contributed by atoms with van der Waals surface area (Å²) in [5, 5.41) is 0. The summed E-state index contributed by atoms with van der Waals surface area (Å²) in [6.45, 7) is 5.01. The van der Waals surface area contributed by atoms with E-state index in [1.165, 1.54) is 6.92 Å². The summed E-state index contributed by atoms with van der Waals surface area (Å²) < 4.78 is 10.7. The maximum atomic E-state index is 12.0. The molecule has 1 aromatic carbocycles. The Labute approximate surface area is 99.5 Å². The lowest BCUT2D eigenvalue weighted by Crippen LogP contribution is -2.36. The predicted octanol–water partition coefficient (Wildman–Crippen LogP) is 2.36. The lowest BCUT2D eigenvalue weighted by atomic mass is 9.92. The van der Waals surface area contributed by atoms with Crippen LogP contribution >= 0.6 is 0 Å². The summed E-state index contributed by atoms with van der Waals surface area (Å²) >= 11 is 0. The van der Waals surface area contributed by atoms with Gasteiger partial charge in [0.25, 0.3) is 0 Å². The summed E-state index contributed by atoms with van der Waals surface area (Å²) in [4.78, 5) is 23.0. The Morgan fingerprint density at radius 3 is 2.76 bits per heavy atom. The predicted molar refractivity (Wildman–Crippen MR) is 61.4 cm³/mol. The van der Waals surface area contributed by atoms with E-state index in [1.54, 1.807) is 18.2 Å². The number of benzene rings is 1. The number of carbonyl (C=O) groups excluding carboxylic acids is 2. The fraction of sp³-hybridized carbons (Fsp3) is 0.385. The number of carbonyl (C=O) groups is 2. The van der Waals surface area contributed by atoms with Crippen molar-refractivity contribution >= 4 is 11.8 Å². The second-order valence-corrected chi connectivity index (χ2v) is 4.68. The first-order valence-electron chi connectivity index (χ1n) is 5.43. The molecule has 0 bridgehead atoms. The van der Waals surface area contributed by atoms with Crippen LogP contribution in [0.5, 0.6) is 11.5 Å². The van der Waals surface area contributed by atoms with Crippen molar-refractivity contribution in [3.8, 4) is 11.5 Å². The maximum Gasteiger partial charge on any atom is 0.308 e. The molecular formula is C13H14O4. The molecule has 0 unspecified atom stereocenters. The minimum Gasteiger partial charge on any atom is -0.486 e. The largest absolute Gasteiger partial charge is 0.486 e. The number of ketones is 1. The van der Waals surface area contributed by atoms with Gasteiger partial charge in [-0.05, 0) is 26.0 Å². The molecule has 0 saturated carbocycles. The number of rotatable bonds is 1. The van der Waals surface area contributed by atoms with Crippen molar-refractivity contribution in [2.75, 3.05) is 0 Å². The van der Waals surface area contributed by atoms with Gasteiger partial charge in [-0.2, -0.15) is 0 Å². The second-order valence-electron chi connectivity index (χ2n) is 4.68. The molecule has 0 aliphatic carbocycles. The molecule has 0 saturated heterocycles. The molecule has 0 fully saturated rings. The molecule has 0 atom stereocenters. The first kappa shape index (κ1) is 11.6. The third-order valence-corrected chi connectivity index (χ3v) is 2.49. The standard InChI is InChI=1S/C13H14O4/c1-8(14)16-10-5-4-6-11-12(10)9(15)7-13(2,3)17-11/h4-6H,7H2,1-3H3. The molecule has 1 heterocycles. The van der Waals surface area contributed by atoms with E-state index in [0.29, 0.717) is 11.3 Å². The van der Waals surface area contributed by atoms with Crippen LogP contribution < -0.4 is 9.47 Å². The Balaban J connectivity index is 2.48. The molecule has 17 heavy (non-hydrogen) atoms. The van der Waals surface area contributed by atoms with Gasteiger partial charge in [-0.1, -0.05) is 6.07 Å². The molecule has 4 nitrogen and oxygen atoms in total. The number of fused-ring (bicyclic) bond motifs is 1. The van der Waals surface area contributed by atoms with Crippen molar-refractivity contribution in [2.24, 2.45) is 0 Å². The summed E-state index contributed by atoms with van der Waals surface area (Å²) in [6, 6.07) is 5.01. The van der Waals surface area contributed by atoms with Gasteiger partial charge in [-0.3, -0.25) is 9.59 Å². The highest BCUT2D eigenvalue weighted by Crippen LogP contribution is 2.38. The molecule has 1 aliphatic heterocycles. The number of hydrogen-bond acceptors (Lipinski definition) is 4. The lowest BCUT2D eigenvalue weighted by molar-refractivity contribution is -0.131. The lowest BCUT2D eigenvalue weighted by Gasteiger charge is -2.32. The van der Waals surface area contributed by atoms with Crippen molar-refractivity contribution in [3.63, 3.8) is 0 Å². The Morgan fingerprint density at radius 2 is 2.12 bits per heavy atom. The van der Waals surface area contributed by atoms with Crippen LogP contribution in [0.3, 0.4) is 0 Å². The molecule has 0 radical (unpaired) electrons. The Bertz CT molecular complexity index is 488. The molecular weight excluding hydrogens is 220 g/mol. The van der Waals surface area contributed by atoms with Gasteiger partial charge in [0.15, 0.2) is 5.78 Å². The Hall–Kier alpha value is -1.84. The fourth-order valence-electron chi connectivity index (χ4n) is 1.92. The van der Waals surface area contributed by atoms with Crippen LogP contribution in [0.2, 0.25) is 0 Å². The van der Waals surface area contributed by atoms with E-state index >= 15 is 0 Å². The van der Waals surface area contributed by atoms with Crippen LogP contribution in [0, 0.1) is 0 Å². The SMILES string of the molecule is CC(=O)Oc1cccc2c1C(=O)CC(C)(C)O2. The van der Waals surface area contributed by atoms with E-state index in [1.807, 2.05) is 13.8 Å². The number of esters is 1. The zero-order chi connectivity index (χ0) is 12.6. The van der Waals surface area contributed by atoms with E-state index < -0.39 is 11.6 Å². The van der Waals surface area contributed by atoms with Crippen LogP contribution in [-0.4, -0.2) is 17.4 Å². The molecule has 0 spiro atoms. The van der Waals surface area contributed by atoms with E-state index in [0.717, 1.165) is 0 Å². The van der Waals surface area contributed by atoms with Crippen molar-refractivity contribution in [1.29, 1.82) is 0 Å². The first-order chi connectivity index (χ1) is 7.89. The molecule has 1 aromatic rings. The molecule has 90 valence electrons. The third-order valence-electron chi connectivity index (χ3n) is 2.49. The smallest absolute Gasteiger partial charge is 0.308 e. The van der Waals surface area contributed by atoms with Crippen molar-refractivity contribution < 1.29 is 19.1 Å². The summed E-state index contributed by atoms with van der Waals surface area (Å²) in [7, 11) is 0. The van der Waals surface area contributed by atoms with E-state index in [9.17, 15) is 9.59 Å². The summed E-state index contributed by atoms with van der Waals surface area (Å²) in [6.07, 6.45) is 0.276. The van der Waals surface area contributed by atoms with Crippen molar-refractivity contribution in [1.82, 2.24) is 0 Å². The minimum absolute atomic E-state index is 0.0619. The molecule has 4 heteroatoms. The van der Waals surface area contributed by atoms with Gasteiger partial charge >= 0.3 is 5.97 Å². The highest BCUT2D eigenvalue weighted by molar-refractivity contribution is 6.03. The number of hydrogen-bond donors (Lipinski definition) is 0. The average Bonchev–Trinajstić information content (AvgIpc) is 2.13. The maximum absolute atomic E-state index is 12.0. The number of Topliss-reactive ketones (excluding diaryl/α,β-unsaturated/α-hetero) is 1. The Morgan fingerprint density at radius 1 is 1.41 bits per heavy atom. The van der Waals surface area contributed by atoms with Gasteiger partial charge in [0, 0.05) is 6.92 Å². The quantitative estimate of drug-likeness (QED) is 0.553. The monoisotopic (exact) mass is 234 g/mol. The van der Waals surface area contributed by atoms with E-state index in [-0.39, 0.29) is 18.0 Å². The van der Waals surface area contributed by atoms with Gasteiger partial charge < -0.3 is 9.47 Å². The van der Waals surface area contributed by atoms with E-state index in [4.69, 9.17) is 9.47 Å². The van der Waals surface area contributed by atoms with Crippen LogP contribution in [0.25, 0.3) is 0 Å². The molecule has 0 N–H and O–H groups in total. The van der Waals surface area contributed by atoms with Crippen molar-refractivity contribution in [2.45, 2.75) is 32.8 Å². The molecule has 2 rings (SSSR count). The van der Waals surface area contributed by atoms with Gasteiger partial charge in [-0.25, -0.2) is 0 Å². The molecule has 1 aliphatic rings.